The molecule has 0 fully saturated rings. The molecule has 1 aliphatic rings. The Bertz CT molecular complexity index is 976. The molecule has 2 N–H and O–H groups in total. The van der Waals surface area contributed by atoms with Gasteiger partial charge in [-0.15, -0.1) is 0 Å². The highest BCUT2D eigenvalue weighted by Crippen LogP contribution is 2.36. The van der Waals surface area contributed by atoms with Crippen molar-refractivity contribution in [3.63, 3.8) is 0 Å². The molecule has 1 aromatic heterocycles. The van der Waals surface area contributed by atoms with Crippen LogP contribution in [-0.4, -0.2) is 42.8 Å². The lowest BCUT2D eigenvalue weighted by molar-refractivity contribution is -0.110. The summed E-state index contributed by atoms with van der Waals surface area (Å²) in [5.74, 6) is -0.00232. The molecule has 3 rings (SSSR count). The molecule has 31 heavy (non-hydrogen) atoms. The Morgan fingerprint density at radius 2 is 2.03 bits per heavy atom. The summed E-state index contributed by atoms with van der Waals surface area (Å²) < 4.78 is 16.7. The number of H-pyrrole nitrogens is 1. The fourth-order valence-electron chi connectivity index (χ4n) is 3.39. The second-order valence-electron chi connectivity index (χ2n) is 7.58. The molecular formula is C24H30N2O5. The molecule has 0 saturated carbocycles. The molecule has 0 unspecified atom stereocenters. The van der Waals surface area contributed by atoms with E-state index in [1.54, 1.807) is 19.1 Å². The average molecular weight is 427 g/mol. The van der Waals surface area contributed by atoms with Crippen LogP contribution in [0, 0.1) is 6.92 Å². The normalized spacial score (nSPS) is 15.0. The number of ether oxygens (including phenoxy) is 3. The maximum Gasteiger partial charge on any atom is 0.340 e. The van der Waals surface area contributed by atoms with Crippen LogP contribution in [0.2, 0.25) is 0 Å². The predicted octanol–water partition coefficient (Wildman–Crippen LogP) is 4.58. The van der Waals surface area contributed by atoms with Crippen LogP contribution in [0.4, 0.5) is 5.69 Å². The minimum Gasteiger partial charge on any atom is -0.488 e. The van der Waals surface area contributed by atoms with E-state index >= 15 is 0 Å². The Labute approximate surface area is 182 Å². The molecule has 1 amide bonds. The zero-order valence-electron chi connectivity index (χ0n) is 18.5. The van der Waals surface area contributed by atoms with Crippen LogP contribution in [0.1, 0.15) is 60.9 Å². The molecule has 1 aliphatic heterocycles. The van der Waals surface area contributed by atoms with Crippen molar-refractivity contribution < 1.29 is 23.8 Å². The van der Waals surface area contributed by atoms with E-state index in [1.807, 2.05) is 32.0 Å². The Balaban J connectivity index is 1.82. The van der Waals surface area contributed by atoms with Crippen molar-refractivity contribution in [2.45, 2.75) is 46.6 Å². The Morgan fingerprint density at radius 3 is 2.77 bits per heavy atom. The van der Waals surface area contributed by atoms with Crippen molar-refractivity contribution in [1.29, 1.82) is 0 Å². The fourth-order valence-corrected chi connectivity index (χ4v) is 3.39. The summed E-state index contributed by atoms with van der Waals surface area (Å²) in [5.41, 5.74) is 3.64. The number of carbonyl (C=O) groups is 2. The molecule has 166 valence electrons. The summed E-state index contributed by atoms with van der Waals surface area (Å²) in [4.78, 5) is 28.0. The zero-order valence-corrected chi connectivity index (χ0v) is 18.5. The molecule has 7 nitrogen and oxygen atoms in total. The molecular weight excluding hydrogens is 396 g/mol. The minimum absolute atomic E-state index is 0.117. The number of nitrogens with one attached hydrogen (secondary N) is 2. The first kappa shape index (κ1) is 22.6. The number of fused-ring (bicyclic) bond motifs is 1. The lowest BCUT2D eigenvalue weighted by Gasteiger charge is -2.15. The number of unbranched alkanes of at least 4 members (excludes halogenated alkanes) is 1. The number of aromatic amines is 1. The van der Waals surface area contributed by atoms with Crippen molar-refractivity contribution >= 4 is 29.2 Å². The van der Waals surface area contributed by atoms with Gasteiger partial charge in [-0.3, -0.25) is 4.79 Å². The highest BCUT2D eigenvalue weighted by molar-refractivity contribution is 6.35. The van der Waals surface area contributed by atoms with Gasteiger partial charge in [0.1, 0.15) is 11.9 Å². The number of aryl methyl sites for hydroxylation is 1. The van der Waals surface area contributed by atoms with Crippen LogP contribution in [0.15, 0.2) is 24.3 Å². The number of amides is 1. The summed E-state index contributed by atoms with van der Waals surface area (Å²) >= 11 is 0. The van der Waals surface area contributed by atoms with E-state index in [4.69, 9.17) is 14.2 Å². The number of hydrogen-bond acceptors (Lipinski definition) is 5. The minimum atomic E-state index is -0.425. The Kier molecular flexibility index (Phi) is 7.52. The molecule has 1 atom stereocenters. The maximum atomic E-state index is 12.6. The van der Waals surface area contributed by atoms with Gasteiger partial charge in [0.15, 0.2) is 0 Å². The highest BCUT2D eigenvalue weighted by Gasteiger charge is 2.26. The van der Waals surface area contributed by atoms with E-state index in [0.29, 0.717) is 34.9 Å². The van der Waals surface area contributed by atoms with Gasteiger partial charge in [0.25, 0.3) is 5.91 Å². The van der Waals surface area contributed by atoms with Crippen molar-refractivity contribution in [2.24, 2.45) is 0 Å². The first-order valence-electron chi connectivity index (χ1n) is 10.7. The lowest BCUT2D eigenvalue weighted by atomic mass is 10.0. The number of rotatable bonds is 10. The Hall–Kier alpha value is -3.06. The molecule has 0 radical (unpaired) electrons. The van der Waals surface area contributed by atoms with Crippen molar-refractivity contribution in [1.82, 2.24) is 4.98 Å². The number of aromatic nitrogens is 1. The summed E-state index contributed by atoms with van der Waals surface area (Å²) in [6, 6.07) is 7.20. The molecule has 2 heterocycles. The monoisotopic (exact) mass is 426 g/mol. The van der Waals surface area contributed by atoms with E-state index in [-0.39, 0.29) is 18.6 Å². The van der Waals surface area contributed by atoms with E-state index in [9.17, 15) is 9.59 Å². The number of esters is 1. The Morgan fingerprint density at radius 1 is 1.23 bits per heavy atom. The number of carbonyl (C=O) groups excluding carboxylic acids is 2. The van der Waals surface area contributed by atoms with Gasteiger partial charge in [-0.05, 0) is 57.5 Å². The molecule has 0 spiro atoms. The van der Waals surface area contributed by atoms with Gasteiger partial charge in [0, 0.05) is 23.6 Å². The van der Waals surface area contributed by atoms with Gasteiger partial charge < -0.3 is 24.5 Å². The summed E-state index contributed by atoms with van der Waals surface area (Å²) in [6.07, 6.45) is 3.68. The van der Waals surface area contributed by atoms with Gasteiger partial charge >= 0.3 is 5.97 Å². The molecule has 0 saturated heterocycles. The largest absolute Gasteiger partial charge is 0.488 e. The molecule has 0 aliphatic carbocycles. The quantitative estimate of drug-likeness (QED) is 0.330. The van der Waals surface area contributed by atoms with Crippen molar-refractivity contribution in [2.75, 3.05) is 25.1 Å². The predicted molar refractivity (Wildman–Crippen MR) is 120 cm³/mol. The number of anilines is 1. The first-order chi connectivity index (χ1) is 14.9. The topological polar surface area (TPSA) is 89.7 Å². The highest BCUT2D eigenvalue weighted by atomic mass is 16.5. The summed E-state index contributed by atoms with van der Waals surface area (Å²) in [5, 5.41) is 2.86. The van der Waals surface area contributed by atoms with Gasteiger partial charge in [-0.25, -0.2) is 4.79 Å². The molecule has 7 heteroatoms. The SMILES string of the molecule is CCCCOC[C@H](C)Oc1ccc2c(c1)/C(=C/c1[nH]c(C)cc1C(=O)OCC)C(=O)N2. The van der Waals surface area contributed by atoms with Gasteiger partial charge in [-0.2, -0.15) is 0 Å². The smallest absolute Gasteiger partial charge is 0.340 e. The van der Waals surface area contributed by atoms with Crippen molar-refractivity contribution in [3.8, 4) is 5.75 Å². The van der Waals surface area contributed by atoms with Crippen LogP contribution in [-0.2, 0) is 14.3 Å². The molecule has 0 bridgehead atoms. The van der Waals surface area contributed by atoms with Gasteiger partial charge in [0.05, 0.1) is 30.0 Å². The number of hydrogen-bond donors (Lipinski definition) is 2. The second-order valence-corrected chi connectivity index (χ2v) is 7.58. The standard InChI is InChI=1S/C24H30N2O5/c1-5-7-10-29-14-16(4)31-17-8-9-21-18(12-17)19(23(27)26-21)13-22-20(11-15(3)25-22)24(28)30-6-2/h8-9,11-13,16,25H,5-7,10,14H2,1-4H3,(H,26,27)/b19-13-/t16-/m0/s1. The van der Waals surface area contributed by atoms with Crippen LogP contribution in [0.5, 0.6) is 5.75 Å². The third-order valence-electron chi connectivity index (χ3n) is 4.87. The summed E-state index contributed by atoms with van der Waals surface area (Å²) in [6.45, 7) is 9.19. The van der Waals surface area contributed by atoms with Crippen LogP contribution in [0.25, 0.3) is 11.6 Å². The van der Waals surface area contributed by atoms with E-state index in [1.165, 1.54) is 0 Å². The molecule has 1 aromatic carbocycles. The maximum absolute atomic E-state index is 12.6. The number of benzene rings is 1. The molecule has 2 aromatic rings. The van der Waals surface area contributed by atoms with E-state index in [0.717, 1.165) is 30.7 Å². The van der Waals surface area contributed by atoms with E-state index in [2.05, 4.69) is 17.2 Å². The first-order valence-corrected chi connectivity index (χ1v) is 10.7. The van der Waals surface area contributed by atoms with Gasteiger partial charge in [-0.1, -0.05) is 13.3 Å². The summed E-state index contributed by atoms with van der Waals surface area (Å²) in [7, 11) is 0. The lowest BCUT2D eigenvalue weighted by Crippen LogP contribution is -2.19. The van der Waals surface area contributed by atoms with Crippen LogP contribution < -0.4 is 10.1 Å². The average Bonchev–Trinajstić information content (AvgIpc) is 3.25. The third kappa shape index (κ3) is 5.55. The third-order valence-corrected chi connectivity index (χ3v) is 4.87. The van der Waals surface area contributed by atoms with E-state index < -0.39 is 5.97 Å². The second kappa shape index (κ2) is 10.3. The van der Waals surface area contributed by atoms with Gasteiger partial charge in [0.2, 0.25) is 0 Å². The zero-order chi connectivity index (χ0) is 22.4. The van der Waals surface area contributed by atoms with Crippen molar-refractivity contribution in [3.05, 3.63) is 46.8 Å². The van der Waals surface area contributed by atoms with Crippen LogP contribution in [0.3, 0.4) is 0 Å². The fraction of sp³-hybridized carbons (Fsp3) is 0.417. The van der Waals surface area contributed by atoms with Crippen LogP contribution >= 0.6 is 0 Å².